The van der Waals surface area contributed by atoms with E-state index in [1.807, 2.05) is 13.8 Å². The normalized spacial score (nSPS) is 47.7. The van der Waals surface area contributed by atoms with Crippen molar-refractivity contribution in [3.05, 3.63) is 0 Å². The molecule has 230 valence electrons. The van der Waals surface area contributed by atoms with Crippen LogP contribution >= 0.6 is 0 Å². The van der Waals surface area contributed by atoms with Crippen LogP contribution in [0.5, 0.6) is 0 Å². The first kappa shape index (κ1) is 30.5. The first-order chi connectivity index (χ1) is 19.1. The fourth-order valence-electron chi connectivity index (χ4n) is 12.1. The monoisotopic (exact) mass is 572 g/mol. The van der Waals surface area contributed by atoms with Crippen molar-refractivity contribution in [1.82, 2.24) is 0 Å². The summed E-state index contributed by atoms with van der Waals surface area (Å²) in [5.41, 5.74) is -0.745. The van der Waals surface area contributed by atoms with Crippen LogP contribution in [0.3, 0.4) is 0 Å². The molecule has 2 unspecified atom stereocenters. The number of ketones is 1. The van der Waals surface area contributed by atoms with E-state index in [4.69, 9.17) is 9.47 Å². The van der Waals surface area contributed by atoms with Crippen LogP contribution in [0.1, 0.15) is 113 Å². The third-order valence-electron chi connectivity index (χ3n) is 14.4. The molecule has 1 N–H and O–H groups in total. The third-order valence-corrected chi connectivity index (χ3v) is 14.4. The molecule has 5 saturated carbocycles. The van der Waals surface area contributed by atoms with Crippen molar-refractivity contribution in [3.63, 3.8) is 0 Å². The molecule has 0 spiro atoms. The van der Waals surface area contributed by atoms with Gasteiger partial charge in [0.25, 0.3) is 0 Å². The van der Waals surface area contributed by atoms with Gasteiger partial charge in [0.05, 0.1) is 17.9 Å². The van der Waals surface area contributed by atoms with Gasteiger partial charge in [0.15, 0.2) is 0 Å². The minimum Gasteiger partial charge on any atom is -0.481 e. The molecule has 0 amide bonds. The highest BCUT2D eigenvalue weighted by atomic mass is 16.5. The van der Waals surface area contributed by atoms with Crippen molar-refractivity contribution in [2.45, 2.75) is 113 Å². The molecule has 0 aromatic heterocycles. The molecule has 0 aromatic rings. The Bertz CT molecular complexity index is 1120. The average Bonchev–Trinajstić information content (AvgIpc) is 3.28. The molecule has 0 radical (unpaired) electrons. The second kappa shape index (κ2) is 10.1. The average molecular weight is 573 g/mol. The SMILES string of the molecule is CC(=O)OCC1(C)C(=O)CC[C@]2(C)[C@H]3CC[C@@H]4[C@H]5[C@H](C(C)C(=O)O)CC[C@]5(COC(C)=O)CC[C@@]4(C)[C@]3(C)CC[C@@H]12. The minimum absolute atomic E-state index is 0.0283. The maximum atomic E-state index is 13.4. The molecule has 5 aliphatic rings. The van der Waals surface area contributed by atoms with E-state index in [-0.39, 0.29) is 63.7 Å². The lowest BCUT2D eigenvalue weighted by Gasteiger charge is -2.72. The maximum Gasteiger partial charge on any atom is 0.306 e. The Balaban J connectivity index is 1.52. The van der Waals surface area contributed by atoms with Gasteiger partial charge in [-0.15, -0.1) is 0 Å². The van der Waals surface area contributed by atoms with Gasteiger partial charge in [-0.25, -0.2) is 0 Å². The molecule has 0 aromatic carbocycles. The Kier molecular flexibility index (Phi) is 7.51. The molecule has 11 atom stereocenters. The number of aliphatic carboxylic acids is 1. The highest BCUT2D eigenvalue weighted by Crippen LogP contribution is 2.77. The van der Waals surface area contributed by atoms with Crippen LogP contribution in [0.25, 0.3) is 0 Å². The van der Waals surface area contributed by atoms with E-state index >= 15 is 0 Å². The molecule has 0 heterocycles. The van der Waals surface area contributed by atoms with E-state index < -0.39 is 17.3 Å². The van der Waals surface area contributed by atoms with Gasteiger partial charge < -0.3 is 14.6 Å². The van der Waals surface area contributed by atoms with E-state index in [1.165, 1.54) is 13.8 Å². The predicted molar refractivity (Wildman–Crippen MR) is 154 cm³/mol. The summed E-state index contributed by atoms with van der Waals surface area (Å²) in [5.74, 6) is -0.216. The molecular weight excluding hydrogens is 520 g/mol. The maximum absolute atomic E-state index is 13.4. The lowest BCUT2D eigenvalue weighted by Crippen LogP contribution is -2.67. The Morgan fingerprint density at radius 3 is 2.12 bits per heavy atom. The molecule has 5 fully saturated rings. The predicted octanol–water partition coefficient (Wildman–Crippen LogP) is 6.46. The van der Waals surface area contributed by atoms with Crippen LogP contribution in [0.4, 0.5) is 0 Å². The van der Waals surface area contributed by atoms with E-state index in [0.29, 0.717) is 24.9 Å². The number of carbonyl (C=O) groups is 4. The number of carboxylic acid groups (broad SMARTS) is 1. The topological polar surface area (TPSA) is 107 Å². The van der Waals surface area contributed by atoms with Crippen molar-refractivity contribution in [3.8, 4) is 0 Å². The van der Waals surface area contributed by atoms with Crippen LogP contribution in [-0.2, 0) is 28.7 Å². The molecule has 0 aliphatic heterocycles. The van der Waals surface area contributed by atoms with Crippen molar-refractivity contribution in [2.75, 3.05) is 13.2 Å². The number of carboxylic acids is 1. The molecule has 7 heteroatoms. The van der Waals surface area contributed by atoms with Crippen molar-refractivity contribution in [2.24, 2.45) is 62.6 Å². The highest BCUT2D eigenvalue weighted by Gasteiger charge is 2.71. The van der Waals surface area contributed by atoms with Crippen molar-refractivity contribution in [1.29, 1.82) is 0 Å². The summed E-state index contributed by atoms with van der Waals surface area (Å²) < 4.78 is 11.2. The van der Waals surface area contributed by atoms with Crippen molar-refractivity contribution >= 4 is 23.7 Å². The Hall–Kier alpha value is -1.92. The van der Waals surface area contributed by atoms with Gasteiger partial charge in [0, 0.05) is 25.7 Å². The summed E-state index contributed by atoms with van der Waals surface area (Å²) in [6.45, 7) is 14.8. The standard InChI is InChI=1S/C34H52O7/c1-20(29(38)39)23-10-15-34(19-41-22(3)36)17-16-32(6)24(28(23)34)8-9-26-30(4)13-12-27(37)31(5,18-40-21(2)35)25(30)11-14-33(26,32)7/h20,23-26,28H,8-19H2,1-7H3,(H,38,39)/t20?,23-,24+,25+,26+,28+,30-,31?,32+,33+,34+/m0/s1. The Morgan fingerprint density at radius 2 is 1.49 bits per heavy atom. The molecule has 41 heavy (non-hydrogen) atoms. The highest BCUT2D eigenvalue weighted by molar-refractivity contribution is 5.86. The first-order valence-corrected chi connectivity index (χ1v) is 16.1. The minimum atomic E-state index is -0.725. The van der Waals surface area contributed by atoms with Gasteiger partial charge in [0.2, 0.25) is 0 Å². The molecular formula is C34H52O7. The molecule has 5 rings (SSSR count). The van der Waals surface area contributed by atoms with E-state index in [9.17, 15) is 24.3 Å². The zero-order valence-corrected chi connectivity index (χ0v) is 26.3. The summed E-state index contributed by atoms with van der Waals surface area (Å²) >= 11 is 0. The fourth-order valence-corrected chi connectivity index (χ4v) is 12.1. The van der Waals surface area contributed by atoms with Crippen LogP contribution in [0, 0.1) is 62.6 Å². The van der Waals surface area contributed by atoms with Gasteiger partial charge in [-0.1, -0.05) is 27.7 Å². The molecule has 5 aliphatic carbocycles. The number of fused-ring (bicyclic) bond motifs is 7. The molecule has 0 saturated heterocycles. The summed E-state index contributed by atoms with van der Waals surface area (Å²) in [5, 5.41) is 10.1. The van der Waals surface area contributed by atoms with Crippen LogP contribution < -0.4 is 0 Å². The third kappa shape index (κ3) is 4.32. The van der Waals surface area contributed by atoms with Crippen LogP contribution in [0.2, 0.25) is 0 Å². The van der Waals surface area contributed by atoms with Gasteiger partial charge >= 0.3 is 17.9 Å². The second-order valence-corrected chi connectivity index (χ2v) is 15.8. The zero-order valence-electron chi connectivity index (χ0n) is 26.3. The smallest absolute Gasteiger partial charge is 0.306 e. The summed E-state index contributed by atoms with van der Waals surface area (Å²) in [6, 6.07) is 0. The number of rotatable bonds is 6. The second-order valence-electron chi connectivity index (χ2n) is 15.8. The largest absolute Gasteiger partial charge is 0.481 e. The molecule has 0 bridgehead atoms. The molecule has 7 nitrogen and oxygen atoms in total. The Labute approximate surface area is 245 Å². The number of hydrogen-bond donors (Lipinski definition) is 1. The van der Waals surface area contributed by atoms with Gasteiger partial charge in [0.1, 0.15) is 12.4 Å². The zero-order chi connectivity index (χ0) is 30.2. The lowest BCUT2D eigenvalue weighted by molar-refractivity contribution is -0.242. The first-order valence-electron chi connectivity index (χ1n) is 16.1. The summed E-state index contributed by atoms with van der Waals surface area (Å²) in [6.07, 6.45) is 9.31. The number of ether oxygens (including phenoxy) is 2. The van der Waals surface area contributed by atoms with Crippen molar-refractivity contribution < 1.29 is 33.8 Å². The Morgan fingerprint density at radius 1 is 0.829 bits per heavy atom. The van der Waals surface area contributed by atoms with E-state index in [1.54, 1.807) is 0 Å². The van der Waals surface area contributed by atoms with Gasteiger partial charge in [-0.05, 0) is 111 Å². The quantitative estimate of drug-likeness (QED) is 0.364. The summed E-state index contributed by atoms with van der Waals surface area (Å²) in [7, 11) is 0. The van der Waals surface area contributed by atoms with Crippen LogP contribution in [-0.4, -0.2) is 42.0 Å². The number of carbonyl (C=O) groups excluding carboxylic acids is 3. The van der Waals surface area contributed by atoms with Gasteiger partial charge in [-0.2, -0.15) is 0 Å². The summed E-state index contributed by atoms with van der Waals surface area (Å²) in [4.78, 5) is 49.4. The van der Waals surface area contributed by atoms with Crippen LogP contribution in [0.15, 0.2) is 0 Å². The number of esters is 2. The van der Waals surface area contributed by atoms with Gasteiger partial charge in [-0.3, -0.25) is 19.2 Å². The van der Waals surface area contributed by atoms with E-state index in [0.717, 1.165) is 57.8 Å². The fraction of sp³-hybridized carbons (Fsp3) is 0.882. The van der Waals surface area contributed by atoms with E-state index in [2.05, 4.69) is 20.8 Å². The number of Topliss-reactive ketones (excluding diaryl/α,β-unsaturated/α-hetero) is 1. The number of hydrogen-bond acceptors (Lipinski definition) is 6. The lowest BCUT2D eigenvalue weighted by atomic mass is 9.32.